The third-order valence-electron chi connectivity index (χ3n) is 1.82. The van der Waals surface area contributed by atoms with E-state index in [9.17, 15) is 9.59 Å². The molecule has 6 heteroatoms. The molecular weight excluding hydrogens is 255 g/mol. The molecule has 1 rings (SSSR count). The smallest absolute Gasteiger partial charge is 0.311 e. The number of rotatable bonds is 4. The van der Waals surface area contributed by atoms with Crippen molar-refractivity contribution in [2.24, 2.45) is 0 Å². The second-order valence-corrected chi connectivity index (χ2v) is 3.81. The minimum absolute atomic E-state index is 0.0717. The van der Waals surface area contributed by atoms with E-state index in [4.69, 9.17) is 33.0 Å². The third-order valence-corrected chi connectivity index (χ3v) is 2.32. The fraction of sp³-hybridized carbons (Fsp3) is 0.200. The lowest BCUT2D eigenvalue weighted by molar-refractivity contribution is -0.135. The van der Waals surface area contributed by atoms with Crippen LogP contribution in [0.3, 0.4) is 0 Å². The average Bonchev–Trinajstić information content (AvgIpc) is 2.15. The number of aliphatic carboxylic acids is 1. The molecule has 0 saturated carbocycles. The first kappa shape index (κ1) is 12.8. The number of Topliss-reactive ketones (excluding diaryl/α,β-unsaturated/α-hetero) is 1. The first-order valence-electron chi connectivity index (χ1n) is 4.23. The first-order valence-corrected chi connectivity index (χ1v) is 4.99. The summed E-state index contributed by atoms with van der Waals surface area (Å²) in [5, 5.41) is 8.94. The molecule has 1 aromatic carbocycles. The molecule has 86 valence electrons. The van der Waals surface area contributed by atoms with Crippen LogP contribution in [0.2, 0.25) is 10.0 Å². The topological polar surface area (TPSA) is 63.6 Å². The molecule has 0 aliphatic rings. The van der Waals surface area contributed by atoms with Crippen molar-refractivity contribution in [3.63, 3.8) is 0 Å². The zero-order valence-corrected chi connectivity index (χ0v) is 9.80. The average molecular weight is 263 g/mol. The molecule has 0 aromatic heterocycles. The van der Waals surface area contributed by atoms with Gasteiger partial charge in [0, 0.05) is 5.02 Å². The minimum Gasteiger partial charge on any atom is -0.494 e. The van der Waals surface area contributed by atoms with E-state index in [2.05, 4.69) is 0 Å². The van der Waals surface area contributed by atoms with Gasteiger partial charge in [-0.25, -0.2) is 0 Å². The quantitative estimate of drug-likeness (QED) is 0.670. The van der Waals surface area contributed by atoms with E-state index in [1.165, 1.54) is 19.2 Å². The van der Waals surface area contributed by atoms with Crippen molar-refractivity contribution in [1.82, 2.24) is 0 Å². The SMILES string of the molecule is COc1c(Cl)cc(Cl)cc1C(=O)CC(=O)O. The molecule has 0 fully saturated rings. The second-order valence-electron chi connectivity index (χ2n) is 2.96. The summed E-state index contributed by atoms with van der Waals surface area (Å²) in [5.41, 5.74) is 0.0717. The fourth-order valence-electron chi connectivity index (χ4n) is 1.21. The van der Waals surface area contributed by atoms with Gasteiger partial charge < -0.3 is 9.84 Å². The number of benzene rings is 1. The van der Waals surface area contributed by atoms with Crippen LogP contribution in [-0.4, -0.2) is 24.0 Å². The molecule has 0 atom stereocenters. The molecule has 1 aromatic rings. The molecule has 0 unspecified atom stereocenters. The molecule has 1 N–H and O–H groups in total. The Morgan fingerprint density at radius 3 is 2.50 bits per heavy atom. The van der Waals surface area contributed by atoms with E-state index < -0.39 is 18.2 Å². The van der Waals surface area contributed by atoms with Crippen LogP contribution in [0.25, 0.3) is 0 Å². The van der Waals surface area contributed by atoms with Crippen LogP contribution >= 0.6 is 23.2 Å². The van der Waals surface area contributed by atoms with Crippen molar-refractivity contribution in [1.29, 1.82) is 0 Å². The highest BCUT2D eigenvalue weighted by Crippen LogP contribution is 2.32. The maximum absolute atomic E-state index is 11.6. The van der Waals surface area contributed by atoms with Crippen molar-refractivity contribution in [2.75, 3.05) is 7.11 Å². The second kappa shape index (κ2) is 5.18. The number of hydrogen-bond acceptors (Lipinski definition) is 3. The molecule has 0 saturated heterocycles. The van der Waals surface area contributed by atoms with Crippen LogP contribution < -0.4 is 4.74 Å². The summed E-state index contributed by atoms with van der Waals surface area (Å²) in [5.74, 6) is -1.69. The predicted molar refractivity (Wildman–Crippen MR) is 59.6 cm³/mol. The molecule has 0 aliphatic heterocycles. The number of ketones is 1. The summed E-state index contributed by atoms with van der Waals surface area (Å²) in [4.78, 5) is 22.0. The van der Waals surface area contributed by atoms with E-state index >= 15 is 0 Å². The van der Waals surface area contributed by atoms with Crippen molar-refractivity contribution >= 4 is 35.0 Å². The van der Waals surface area contributed by atoms with Gasteiger partial charge in [0.05, 0.1) is 17.7 Å². The monoisotopic (exact) mass is 262 g/mol. The van der Waals surface area contributed by atoms with Gasteiger partial charge in [-0.05, 0) is 12.1 Å². The van der Waals surface area contributed by atoms with Crippen LogP contribution in [0, 0.1) is 0 Å². The molecule has 0 spiro atoms. The number of hydrogen-bond donors (Lipinski definition) is 1. The fourth-order valence-corrected chi connectivity index (χ4v) is 1.78. The molecule has 4 nitrogen and oxygen atoms in total. The Morgan fingerprint density at radius 1 is 1.38 bits per heavy atom. The number of carbonyl (C=O) groups is 2. The summed E-state index contributed by atoms with van der Waals surface area (Å²) in [6.45, 7) is 0. The summed E-state index contributed by atoms with van der Waals surface area (Å²) >= 11 is 11.5. The van der Waals surface area contributed by atoms with Gasteiger partial charge >= 0.3 is 5.97 Å². The molecule has 0 aliphatic carbocycles. The van der Waals surface area contributed by atoms with Gasteiger partial charge in [-0.3, -0.25) is 9.59 Å². The minimum atomic E-state index is -1.22. The van der Waals surface area contributed by atoms with Gasteiger partial charge in [0.1, 0.15) is 12.2 Å². The Hall–Kier alpha value is -1.26. The summed E-state index contributed by atoms with van der Waals surface area (Å²) in [6, 6.07) is 2.75. The summed E-state index contributed by atoms with van der Waals surface area (Å²) in [6.07, 6.45) is -0.632. The van der Waals surface area contributed by atoms with Gasteiger partial charge in [-0.2, -0.15) is 0 Å². The number of methoxy groups -OCH3 is 1. The van der Waals surface area contributed by atoms with Gasteiger partial charge in [0.2, 0.25) is 0 Å². The van der Waals surface area contributed by atoms with Crippen molar-refractivity contribution < 1.29 is 19.4 Å². The molecule has 0 bridgehead atoms. The lowest BCUT2D eigenvalue weighted by Gasteiger charge is -2.09. The van der Waals surface area contributed by atoms with Crippen LogP contribution in [0.1, 0.15) is 16.8 Å². The standard InChI is InChI=1S/C10H8Cl2O4/c1-16-10-6(8(13)4-9(14)15)2-5(11)3-7(10)12/h2-3H,4H2,1H3,(H,14,15). The van der Waals surface area contributed by atoms with Gasteiger partial charge in [0.25, 0.3) is 0 Å². The lowest BCUT2D eigenvalue weighted by atomic mass is 10.1. The Bertz CT molecular complexity index is 443. The maximum Gasteiger partial charge on any atom is 0.311 e. The number of halogens is 2. The van der Waals surface area contributed by atoms with E-state index in [1.807, 2.05) is 0 Å². The zero-order valence-electron chi connectivity index (χ0n) is 8.29. The Balaban J connectivity index is 3.20. The number of carbonyl (C=O) groups excluding carboxylic acids is 1. The van der Waals surface area contributed by atoms with Crippen LogP contribution in [0.5, 0.6) is 5.75 Å². The Morgan fingerprint density at radius 2 is 2.00 bits per heavy atom. The molecule has 0 radical (unpaired) electrons. The first-order chi connectivity index (χ1) is 7.45. The van der Waals surface area contributed by atoms with Gasteiger partial charge in [-0.15, -0.1) is 0 Å². The van der Waals surface area contributed by atoms with Crippen molar-refractivity contribution in [3.8, 4) is 5.75 Å². The number of ether oxygens (including phenoxy) is 1. The summed E-state index contributed by atoms with van der Waals surface area (Å²) in [7, 11) is 1.34. The van der Waals surface area contributed by atoms with Crippen LogP contribution in [-0.2, 0) is 4.79 Å². The van der Waals surface area contributed by atoms with E-state index in [0.29, 0.717) is 0 Å². The summed E-state index contributed by atoms with van der Waals surface area (Å²) < 4.78 is 4.93. The van der Waals surface area contributed by atoms with Crippen molar-refractivity contribution in [2.45, 2.75) is 6.42 Å². The Kier molecular flexibility index (Phi) is 4.15. The number of carboxylic acids is 1. The number of carboxylic acid groups (broad SMARTS) is 1. The highest BCUT2D eigenvalue weighted by atomic mass is 35.5. The third kappa shape index (κ3) is 2.87. The molecule has 0 heterocycles. The lowest BCUT2D eigenvalue weighted by Crippen LogP contribution is -2.08. The van der Waals surface area contributed by atoms with E-state index in [1.54, 1.807) is 0 Å². The highest BCUT2D eigenvalue weighted by molar-refractivity contribution is 6.36. The highest BCUT2D eigenvalue weighted by Gasteiger charge is 2.18. The molecular formula is C10H8Cl2O4. The molecule has 0 amide bonds. The van der Waals surface area contributed by atoms with Crippen LogP contribution in [0.4, 0.5) is 0 Å². The van der Waals surface area contributed by atoms with Gasteiger partial charge in [0.15, 0.2) is 5.78 Å². The zero-order chi connectivity index (χ0) is 12.3. The Labute approximate surface area is 102 Å². The normalized spacial score (nSPS) is 9.94. The predicted octanol–water partition coefficient (Wildman–Crippen LogP) is 2.66. The van der Waals surface area contributed by atoms with Gasteiger partial charge in [-0.1, -0.05) is 23.2 Å². The largest absolute Gasteiger partial charge is 0.494 e. The maximum atomic E-state index is 11.6. The van der Waals surface area contributed by atoms with E-state index in [-0.39, 0.29) is 21.4 Å². The molecule has 16 heavy (non-hydrogen) atoms. The van der Waals surface area contributed by atoms with E-state index in [0.717, 1.165) is 0 Å². The van der Waals surface area contributed by atoms with Crippen LogP contribution in [0.15, 0.2) is 12.1 Å². The van der Waals surface area contributed by atoms with Crippen molar-refractivity contribution in [3.05, 3.63) is 27.7 Å².